The second-order valence-corrected chi connectivity index (χ2v) is 8.70. The highest BCUT2D eigenvalue weighted by atomic mass is 35.5. The SMILES string of the molecule is CNc1cc(C(C)(C)C(=O)Nc2cc(NC(=O)c3ccc(Cl)c(C(F)(F)F)c3)ccc2C)ncn1. The molecule has 1 heterocycles. The average molecular weight is 506 g/mol. The molecule has 3 aromatic rings. The van der Waals surface area contributed by atoms with E-state index in [2.05, 4.69) is 25.9 Å². The summed E-state index contributed by atoms with van der Waals surface area (Å²) in [5, 5.41) is 7.79. The summed E-state index contributed by atoms with van der Waals surface area (Å²) in [6.07, 6.45) is -3.34. The number of hydrogen-bond donors (Lipinski definition) is 3. The Bertz CT molecular complexity index is 1280. The van der Waals surface area contributed by atoms with E-state index < -0.39 is 28.1 Å². The van der Waals surface area contributed by atoms with E-state index in [0.717, 1.165) is 11.6 Å². The van der Waals surface area contributed by atoms with E-state index in [1.807, 2.05) is 0 Å². The number of carbonyl (C=O) groups is 2. The maximum atomic E-state index is 13.1. The molecule has 7 nitrogen and oxygen atoms in total. The summed E-state index contributed by atoms with van der Waals surface area (Å²) in [5.41, 5.74) is -0.392. The van der Waals surface area contributed by atoms with Crippen molar-refractivity contribution in [3.63, 3.8) is 0 Å². The van der Waals surface area contributed by atoms with Gasteiger partial charge in [-0.15, -0.1) is 0 Å². The zero-order valence-electron chi connectivity index (χ0n) is 19.3. The van der Waals surface area contributed by atoms with Crippen LogP contribution in [-0.2, 0) is 16.4 Å². The summed E-state index contributed by atoms with van der Waals surface area (Å²) in [7, 11) is 1.70. The molecule has 3 rings (SSSR count). The molecule has 0 saturated carbocycles. The van der Waals surface area contributed by atoms with Crippen LogP contribution < -0.4 is 16.0 Å². The minimum Gasteiger partial charge on any atom is -0.373 e. The van der Waals surface area contributed by atoms with E-state index in [1.165, 1.54) is 18.5 Å². The van der Waals surface area contributed by atoms with Crippen molar-refractivity contribution in [1.82, 2.24) is 9.97 Å². The number of amides is 2. The van der Waals surface area contributed by atoms with Gasteiger partial charge in [-0.1, -0.05) is 17.7 Å². The molecule has 0 bridgehead atoms. The molecular formula is C24H23ClF3N5O2. The van der Waals surface area contributed by atoms with Gasteiger partial charge in [0, 0.05) is 30.1 Å². The van der Waals surface area contributed by atoms with Crippen molar-refractivity contribution in [2.24, 2.45) is 0 Å². The summed E-state index contributed by atoms with van der Waals surface area (Å²) >= 11 is 5.63. The molecule has 0 radical (unpaired) electrons. The van der Waals surface area contributed by atoms with Crippen LogP contribution in [0.2, 0.25) is 5.02 Å². The number of aryl methyl sites for hydroxylation is 1. The zero-order chi connectivity index (χ0) is 26.0. The Morgan fingerprint density at radius 3 is 2.34 bits per heavy atom. The van der Waals surface area contributed by atoms with Crippen LogP contribution in [0.3, 0.4) is 0 Å². The molecular weight excluding hydrogens is 483 g/mol. The molecule has 2 amide bonds. The molecule has 184 valence electrons. The third-order valence-corrected chi connectivity index (χ3v) is 5.74. The lowest BCUT2D eigenvalue weighted by Gasteiger charge is -2.24. The Morgan fingerprint density at radius 1 is 0.971 bits per heavy atom. The molecule has 3 N–H and O–H groups in total. The van der Waals surface area contributed by atoms with Gasteiger partial charge in [-0.25, -0.2) is 9.97 Å². The molecule has 2 aromatic carbocycles. The van der Waals surface area contributed by atoms with Crippen molar-refractivity contribution in [2.45, 2.75) is 32.4 Å². The average Bonchev–Trinajstić information content (AvgIpc) is 2.80. The third kappa shape index (κ3) is 5.89. The predicted octanol–water partition coefficient (Wildman–Crippen LogP) is 5.67. The number of alkyl halides is 3. The topological polar surface area (TPSA) is 96.0 Å². The zero-order valence-corrected chi connectivity index (χ0v) is 20.1. The fourth-order valence-electron chi connectivity index (χ4n) is 3.15. The third-order valence-electron chi connectivity index (χ3n) is 5.41. The standard InChI is InChI=1S/C24H23ClF3N5O2/c1-13-5-7-15(32-21(34)14-6-8-17(25)16(9-14)24(26,27)28)10-18(13)33-22(35)23(2,3)19-11-20(29-4)31-12-30-19/h5-12H,1-4H3,(H,32,34)(H,33,35)(H,29,30,31). The molecule has 0 saturated heterocycles. The first-order valence-corrected chi connectivity index (χ1v) is 10.8. The largest absolute Gasteiger partial charge is 0.417 e. The quantitative estimate of drug-likeness (QED) is 0.401. The van der Waals surface area contributed by atoms with Crippen LogP contribution in [0.4, 0.5) is 30.4 Å². The normalized spacial score (nSPS) is 11.7. The minimum atomic E-state index is -4.70. The number of hydrogen-bond acceptors (Lipinski definition) is 5. The van der Waals surface area contributed by atoms with Crippen LogP contribution in [0, 0.1) is 6.92 Å². The number of nitrogens with zero attached hydrogens (tertiary/aromatic N) is 2. The number of aromatic nitrogens is 2. The summed E-state index contributed by atoms with van der Waals surface area (Å²) in [6, 6.07) is 9.37. The Morgan fingerprint density at radius 2 is 1.69 bits per heavy atom. The minimum absolute atomic E-state index is 0.210. The highest BCUT2D eigenvalue weighted by molar-refractivity contribution is 6.31. The monoisotopic (exact) mass is 505 g/mol. The molecule has 0 aliphatic carbocycles. The van der Waals surface area contributed by atoms with Gasteiger partial charge in [0.2, 0.25) is 5.91 Å². The first kappa shape index (κ1) is 26.0. The summed E-state index contributed by atoms with van der Waals surface area (Å²) in [5.74, 6) is -0.542. The van der Waals surface area contributed by atoms with E-state index in [1.54, 1.807) is 46.0 Å². The molecule has 11 heteroatoms. The van der Waals surface area contributed by atoms with E-state index in [0.29, 0.717) is 23.3 Å². The molecule has 0 aliphatic heterocycles. The Kier molecular flexibility index (Phi) is 7.35. The summed E-state index contributed by atoms with van der Waals surface area (Å²) in [4.78, 5) is 34.0. The van der Waals surface area contributed by atoms with Crippen LogP contribution in [0.1, 0.15) is 41.0 Å². The van der Waals surface area contributed by atoms with E-state index >= 15 is 0 Å². The molecule has 35 heavy (non-hydrogen) atoms. The van der Waals surface area contributed by atoms with Crippen LogP contribution in [0.25, 0.3) is 0 Å². The van der Waals surface area contributed by atoms with Crippen LogP contribution in [0.15, 0.2) is 48.8 Å². The van der Waals surface area contributed by atoms with E-state index in [-0.39, 0.29) is 17.2 Å². The van der Waals surface area contributed by atoms with Gasteiger partial charge in [-0.3, -0.25) is 9.59 Å². The van der Waals surface area contributed by atoms with Crippen LogP contribution in [-0.4, -0.2) is 28.8 Å². The lowest BCUT2D eigenvalue weighted by atomic mass is 9.87. The van der Waals surface area contributed by atoms with Gasteiger partial charge in [0.1, 0.15) is 12.1 Å². The first-order chi connectivity index (χ1) is 16.3. The maximum absolute atomic E-state index is 13.1. The van der Waals surface area contributed by atoms with E-state index in [4.69, 9.17) is 11.6 Å². The van der Waals surface area contributed by atoms with Gasteiger partial charge in [-0.2, -0.15) is 13.2 Å². The lowest BCUT2D eigenvalue weighted by molar-refractivity contribution is -0.137. The predicted molar refractivity (Wildman–Crippen MR) is 129 cm³/mol. The van der Waals surface area contributed by atoms with Crippen LogP contribution >= 0.6 is 11.6 Å². The van der Waals surface area contributed by atoms with Crippen molar-refractivity contribution in [3.8, 4) is 0 Å². The smallest absolute Gasteiger partial charge is 0.373 e. The Balaban J connectivity index is 1.81. The number of nitrogens with one attached hydrogen (secondary N) is 3. The molecule has 1 aromatic heterocycles. The Labute approximate surface area is 205 Å². The first-order valence-electron chi connectivity index (χ1n) is 10.4. The van der Waals surface area contributed by atoms with Crippen molar-refractivity contribution >= 4 is 40.6 Å². The summed E-state index contributed by atoms with van der Waals surface area (Å²) in [6.45, 7) is 5.19. The fourth-order valence-corrected chi connectivity index (χ4v) is 3.38. The summed E-state index contributed by atoms with van der Waals surface area (Å²) < 4.78 is 39.4. The van der Waals surface area contributed by atoms with Gasteiger partial charge < -0.3 is 16.0 Å². The molecule has 0 aliphatic rings. The molecule has 0 atom stereocenters. The molecule has 0 spiro atoms. The molecule has 0 fully saturated rings. The van der Waals surface area contributed by atoms with Gasteiger partial charge >= 0.3 is 6.18 Å². The number of rotatable bonds is 6. The lowest BCUT2D eigenvalue weighted by Crippen LogP contribution is -2.36. The van der Waals surface area contributed by atoms with Crippen molar-refractivity contribution < 1.29 is 22.8 Å². The Hall–Kier alpha value is -3.66. The highest BCUT2D eigenvalue weighted by Gasteiger charge is 2.34. The fraction of sp³-hybridized carbons (Fsp3) is 0.250. The second-order valence-electron chi connectivity index (χ2n) is 8.29. The highest BCUT2D eigenvalue weighted by Crippen LogP contribution is 2.35. The number of halogens is 4. The number of anilines is 3. The molecule has 0 unspecified atom stereocenters. The van der Waals surface area contributed by atoms with Crippen molar-refractivity contribution in [2.75, 3.05) is 23.0 Å². The van der Waals surface area contributed by atoms with Gasteiger partial charge in [0.15, 0.2) is 0 Å². The van der Waals surface area contributed by atoms with Gasteiger partial charge in [0.25, 0.3) is 5.91 Å². The van der Waals surface area contributed by atoms with Gasteiger partial charge in [0.05, 0.1) is 21.7 Å². The van der Waals surface area contributed by atoms with Crippen molar-refractivity contribution in [1.29, 1.82) is 0 Å². The second kappa shape index (κ2) is 9.91. The number of carbonyl (C=O) groups excluding carboxylic acids is 2. The van der Waals surface area contributed by atoms with Crippen LogP contribution in [0.5, 0.6) is 0 Å². The van der Waals surface area contributed by atoms with Crippen molar-refractivity contribution in [3.05, 3.63) is 76.2 Å². The maximum Gasteiger partial charge on any atom is 0.417 e. The number of benzene rings is 2. The van der Waals surface area contributed by atoms with E-state index in [9.17, 15) is 22.8 Å². The van der Waals surface area contributed by atoms with Gasteiger partial charge in [-0.05, 0) is 56.7 Å².